The quantitative estimate of drug-likeness (QED) is 0.853. The summed E-state index contributed by atoms with van der Waals surface area (Å²) in [5.41, 5.74) is 2.59. The molecule has 1 aromatic rings. The van der Waals surface area contributed by atoms with Gasteiger partial charge in [-0.25, -0.2) is 0 Å². The summed E-state index contributed by atoms with van der Waals surface area (Å²) >= 11 is 0. The van der Waals surface area contributed by atoms with Crippen LogP contribution in [0, 0.1) is 0 Å². The highest BCUT2D eigenvalue weighted by atomic mass is 35.5. The fraction of sp³-hybridized carbons (Fsp3) is 0.500. The molecule has 15 heavy (non-hydrogen) atoms. The first-order valence-electron chi connectivity index (χ1n) is 5.09. The first kappa shape index (κ1) is 14.3. The van der Waals surface area contributed by atoms with Gasteiger partial charge in [0.25, 0.3) is 0 Å². The van der Waals surface area contributed by atoms with Crippen molar-refractivity contribution in [1.82, 2.24) is 5.32 Å². The van der Waals surface area contributed by atoms with Crippen molar-refractivity contribution in [2.45, 2.75) is 26.4 Å². The summed E-state index contributed by atoms with van der Waals surface area (Å²) in [5.74, 6) is 0. The largest absolute Gasteiger partial charge is 0.378 e. The molecular weight excluding hydrogens is 208 g/mol. The van der Waals surface area contributed by atoms with Gasteiger partial charge in [-0.05, 0) is 17.7 Å². The van der Waals surface area contributed by atoms with Crippen molar-refractivity contribution in [1.29, 1.82) is 0 Å². The molecule has 3 heteroatoms. The summed E-state index contributed by atoms with van der Waals surface area (Å²) in [7, 11) is 4.11. The highest BCUT2D eigenvalue weighted by Gasteiger charge is 1.97. The highest BCUT2D eigenvalue weighted by molar-refractivity contribution is 5.85. The topological polar surface area (TPSA) is 15.3 Å². The van der Waals surface area contributed by atoms with Gasteiger partial charge in [0.15, 0.2) is 0 Å². The predicted molar refractivity (Wildman–Crippen MR) is 70.0 cm³/mol. The Morgan fingerprint density at radius 1 is 1.13 bits per heavy atom. The van der Waals surface area contributed by atoms with Gasteiger partial charge in [0.2, 0.25) is 0 Å². The number of benzene rings is 1. The maximum Gasteiger partial charge on any atom is 0.0361 e. The third-order valence-corrected chi connectivity index (χ3v) is 2.17. The van der Waals surface area contributed by atoms with Gasteiger partial charge in [-0.15, -0.1) is 12.4 Å². The SMILES string of the molecule is CC(C)NCc1ccc(N(C)C)cc1.Cl. The predicted octanol–water partition coefficient (Wildman–Crippen LogP) is 2.67. The van der Waals surface area contributed by atoms with E-state index in [4.69, 9.17) is 0 Å². The molecule has 0 saturated carbocycles. The summed E-state index contributed by atoms with van der Waals surface area (Å²) < 4.78 is 0. The molecule has 0 aliphatic heterocycles. The molecule has 1 aromatic carbocycles. The van der Waals surface area contributed by atoms with E-state index in [1.807, 2.05) is 0 Å². The minimum Gasteiger partial charge on any atom is -0.378 e. The van der Waals surface area contributed by atoms with Crippen LogP contribution in [0.3, 0.4) is 0 Å². The average molecular weight is 229 g/mol. The molecule has 0 bridgehead atoms. The van der Waals surface area contributed by atoms with E-state index in [2.05, 4.69) is 62.4 Å². The monoisotopic (exact) mass is 228 g/mol. The first-order valence-corrected chi connectivity index (χ1v) is 5.09. The second-order valence-electron chi connectivity index (χ2n) is 4.10. The summed E-state index contributed by atoms with van der Waals surface area (Å²) in [5, 5.41) is 3.40. The highest BCUT2D eigenvalue weighted by Crippen LogP contribution is 2.11. The second-order valence-corrected chi connectivity index (χ2v) is 4.10. The van der Waals surface area contributed by atoms with Gasteiger partial charge in [0, 0.05) is 32.4 Å². The number of hydrogen-bond acceptors (Lipinski definition) is 2. The Labute approximate surface area is 99.1 Å². The zero-order valence-electron chi connectivity index (χ0n) is 9.95. The number of hydrogen-bond donors (Lipinski definition) is 1. The smallest absolute Gasteiger partial charge is 0.0361 e. The van der Waals surface area contributed by atoms with Crippen LogP contribution in [0.4, 0.5) is 5.69 Å². The molecular formula is C12H21ClN2. The fourth-order valence-electron chi connectivity index (χ4n) is 1.23. The van der Waals surface area contributed by atoms with Crippen LogP contribution < -0.4 is 10.2 Å². The Morgan fingerprint density at radius 3 is 2.07 bits per heavy atom. The molecule has 0 radical (unpaired) electrons. The van der Waals surface area contributed by atoms with Crippen LogP contribution in [0.5, 0.6) is 0 Å². The van der Waals surface area contributed by atoms with Crippen LogP contribution in [0.2, 0.25) is 0 Å². The zero-order chi connectivity index (χ0) is 10.6. The maximum absolute atomic E-state index is 3.40. The molecule has 1 rings (SSSR count). The Morgan fingerprint density at radius 2 is 1.67 bits per heavy atom. The minimum atomic E-state index is 0. The van der Waals surface area contributed by atoms with E-state index in [9.17, 15) is 0 Å². The molecule has 0 aliphatic carbocycles. The van der Waals surface area contributed by atoms with E-state index in [1.165, 1.54) is 11.3 Å². The van der Waals surface area contributed by atoms with Crippen molar-refractivity contribution < 1.29 is 0 Å². The lowest BCUT2D eigenvalue weighted by atomic mass is 10.2. The molecule has 0 aliphatic rings. The molecule has 0 heterocycles. The van der Waals surface area contributed by atoms with Crippen LogP contribution in [-0.4, -0.2) is 20.1 Å². The number of anilines is 1. The van der Waals surface area contributed by atoms with Gasteiger partial charge in [0.05, 0.1) is 0 Å². The Hall–Kier alpha value is -0.730. The molecule has 0 fully saturated rings. The zero-order valence-corrected chi connectivity index (χ0v) is 10.8. The van der Waals surface area contributed by atoms with Crippen molar-refractivity contribution in [3.63, 3.8) is 0 Å². The van der Waals surface area contributed by atoms with Crippen LogP contribution in [0.1, 0.15) is 19.4 Å². The van der Waals surface area contributed by atoms with Crippen molar-refractivity contribution >= 4 is 18.1 Å². The van der Waals surface area contributed by atoms with E-state index in [0.29, 0.717) is 6.04 Å². The molecule has 0 saturated heterocycles. The van der Waals surface area contributed by atoms with E-state index < -0.39 is 0 Å². The van der Waals surface area contributed by atoms with Crippen LogP contribution in [0.25, 0.3) is 0 Å². The number of rotatable bonds is 4. The molecule has 1 N–H and O–H groups in total. The van der Waals surface area contributed by atoms with Gasteiger partial charge in [-0.3, -0.25) is 0 Å². The molecule has 2 nitrogen and oxygen atoms in total. The summed E-state index contributed by atoms with van der Waals surface area (Å²) in [6.45, 7) is 5.27. The molecule has 0 aromatic heterocycles. The Kier molecular flexibility index (Phi) is 6.37. The molecule has 0 amide bonds. The van der Waals surface area contributed by atoms with Crippen LogP contribution >= 0.6 is 12.4 Å². The maximum atomic E-state index is 3.40. The fourth-order valence-corrected chi connectivity index (χ4v) is 1.23. The van der Waals surface area contributed by atoms with Crippen LogP contribution in [0.15, 0.2) is 24.3 Å². The van der Waals surface area contributed by atoms with Gasteiger partial charge >= 0.3 is 0 Å². The van der Waals surface area contributed by atoms with Gasteiger partial charge < -0.3 is 10.2 Å². The Balaban J connectivity index is 0.00000196. The lowest BCUT2D eigenvalue weighted by Gasteiger charge is -2.13. The lowest BCUT2D eigenvalue weighted by Crippen LogP contribution is -2.21. The van der Waals surface area contributed by atoms with E-state index in [-0.39, 0.29) is 12.4 Å². The molecule has 0 spiro atoms. The second kappa shape index (κ2) is 6.70. The molecule has 0 unspecified atom stereocenters. The van der Waals surface area contributed by atoms with Gasteiger partial charge in [-0.1, -0.05) is 26.0 Å². The molecule has 86 valence electrons. The van der Waals surface area contributed by atoms with E-state index in [0.717, 1.165) is 6.54 Å². The van der Waals surface area contributed by atoms with Gasteiger partial charge in [-0.2, -0.15) is 0 Å². The van der Waals surface area contributed by atoms with E-state index in [1.54, 1.807) is 0 Å². The average Bonchev–Trinajstić information content (AvgIpc) is 2.15. The standard InChI is InChI=1S/C12H20N2.ClH/c1-10(2)13-9-11-5-7-12(8-6-11)14(3)4;/h5-8,10,13H,9H2,1-4H3;1H. The lowest BCUT2D eigenvalue weighted by molar-refractivity contribution is 0.589. The first-order chi connectivity index (χ1) is 6.59. The van der Waals surface area contributed by atoms with Gasteiger partial charge in [0.1, 0.15) is 0 Å². The summed E-state index contributed by atoms with van der Waals surface area (Å²) in [6.07, 6.45) is 0. The number of nitrogens with one attached hydrogen (secondary N) is 1. The number of nitrogens with zero attached hydrogens (tertiary/aromatic N) is 1. The minimum absolute atomic E-state index is 0. The van der Waals surface area contributed by atoms with E-state index >= 15 is 0 Å². The van der Waals surface area contributed by atoms with Crippen molar-refractivity contribution in [3.05, 3.63) is 29.8 Å². The Bertz CT molecular complexity index is 267. The summed E-state index contributed by atoms with van der Waals surface area (Å²) in [4.78, 5) is 2.11. The summed E-state index contributed by atoms with van der Waals surface area (Å²) in [6, 6.07) is 9.19. The van der Waals surface area contributed by atoms with Crippen molar-refractivity contribution in [2.75, 3.05) is 19.0 Å². The third kappa shape index (κ3) is 5.05. The van der Waals surface area contributed by atoms with Crippen LogP contribution in [-0.2, 0) is 6.54 Å². The van der Waals surface area contributed by atoms with Crippen molar-refractivity contribution in [2.24, 2.45) is 0 Å². The van der Waals surface area contributed by atoms with Crippen molar-refractivity contribution in [3.8, 4) is 0 Å². The number of halogens is 1. The third-order valence-electron chi connectivity index (χ3n) is 2.17. The molecule has 0 atom stereocenters. The normalized spacial score (nSPS) is 9.93.